The third-order valence-corrected chi connectivity index (χ3v) is 3.61. The lowest BCUT2D eigenvalue weighted by molar-refractivity contribution is -0.123. The van der Waals surface area contributed by atoms with Crippen molar-refractivity contribution < 1.29 is 14.3 Å². The molecule has 0 aliphatic rings. The standard InChI is InChI=1S/C19H23NO3/c1-3-15-8-6-7-11-18(15)23-14-19(21)20-12-16-9-4-5-10-17(16)13-22-2/h4-11H,3,12-14H2,1-2H3,(H,20,21). The lowest BCUT2D eigenvalue weighted by atomic mass is 10.1. The Morgan fingerprint density at radius 3 is 2.35 bits per heavy atom. The first kappa shape index (κ1) is 17.0. The molecule has 122 valence electrons. The smallest absolute Gasteiger partial charge is 0.258 e. The van der Waals surface area contributed by atoms with Gasteiger partial charge in [-0.1, -0.05) is 49.4 Å². The van der Waals surface area contributed by atoms with Gasteiger partial charge in [-0.15, -0.1) is 0 Å². The fourth-order valence-corrected chi connectivity index (χ4v) is 2.35. The average molecular weight is 313 g/mol. The Morgan fingerprint density at radius 2 is 1.65 bits per heavy atom. The summed E-state index contributed by atoms with van der Waals surface area (Å²) in [5.74, 6) is 0.632. The summed E-state index contributed by atoms with van der Waals surface area (Å²) >= 11 is 0. The molecule has 23 heavy (non-hydrogen) atoms. The molecule has 0 radical (unpaired) electrons. The first-order valence-electron chi connectivity index (χ1n) is 7.77. The lowest BCUT2D eigenvalue weighted by Crippen LogP contribution is -2.29. The van der Waals surface area contributed by atoms with E-state index in [4.69, 9.17) is 9.47 Å². The van der Waals surface area contributed by atoms with Crippen LogP contribution < -0.4 is 10.1 Å². The zero-order valence-corrected chi connectivity index (χ0v) is 13.7. The molecule has 0 saturated heterocycles. The Hall–Kier alpha value is -2.33. The van der Waals surface area contributed by atoms with E-state index in [-0.39, 0.29) is 12.5 Å². The molecule has 0 aromatic heterocycles. The van der Waals surface area contributed by atoms with Gasteiger partial charge in [-0.3, -0.25) is 4.79 Å². The van der Waals surface area contributed by atoms with Crippen LogP contribution in [0.3, 0.4) is 0 Å². The minimum Gasteiger partial charge on any atom is -0.483 e. The van der Waals surface area contributed by atoms with Gasteiger partial charge in [0.1, 0.15) is 5.75 Å². The van der Waals surface area contributed by atoms with Crippen LogP contribution in [0.25, 0.3) is 0 Å². The lowest BCUT2D eigenvalue weighted by Gasteiger charge is -2.12. The maximum Gasteiger partial charge on any atom is 0.258 e. The van der Waals surface area contributed by atoms with E-state index >= 15 is 0 Å². The Kier molecular flexibility index (Phi) is 6.63. The summed E-state index contributed by atoms with van der Waals surface area (Å²) < 4.78 is 10.8. The molecule has 4 nitrogen and oxygen atoms in total. The number of methoxy groups -OCH3 is 1. The summed E-state index contributed by atoms with van der Waals surface area (Å²) in [7, 11) is 1.66. The maximum atomic E-state index is 12.0. The van der Waals surface area contributed by atoms with Crippen molar-refractivity contribution >= 4 is 5.91 Å². The molecule has 1 amide bonds. The van der Waals surface area contributed by atoms with Gasteiger partial charge in [-0.25, -0.2) is 0 Å². The van der Waals surface area contributed by atoms with Crippen LogP contribution in [0, 0.1) is 0 Å². The van der Waals surface area contributed by atoms with E-state index in [9.17, 15) is 4.79 Å². The fraction of sp³-hybridized carbons (Fsp3) is 0.316. The molecule has 0 heterocycles. The molecule has 0 bridgehead atoms. The van der Waals surface area contributed by atoms with E-state index in [1.807, 2.05) is 48.5 Å². The van der Waals surface area contributed by atoms with Crippen molar-refractivity contribution in [2.75, 3.05) is 13.7 Å². The predicted octanol–water partition coefficient (Wildman–Crippen LogP) is 3.09. The monoisotopic (exact) mass is 313 g/mol. The average Bonchev–Trinajstić information content (AvgIpc) is 2.59. The van der Waals surface area contributed by atoms with Gasteiger partial charge in [0.2, 0.25) is 0 Å². The minimum atomic E-state index is -0.136. The molecule has 0 aliphatic carbocycles. The zero-order chi connectivity index (χ0) is 16.5. The van der Waals surface area contributed by atoms with Crippen LogP contribution in [0.2, 0.25) is 0 Å². The minimum absolute atomic E-state index is 0.0173. The summed E-state index contributed by atoms with van der Waals surface area (Å²) in [6.45, 7) is 3.09. The van der Waals surface area contributed by atoms with Crippen molar-refractivity contribution in [2.24, 2.45) is 0 Å². The third kappa shape index (κ3) is 5.11. The molecule has 0 saturated carbocycles. The van der Waals surface area contributed by atoms with Crippen molar-refractivity contribution in [1.82, 2.24) is 5.32 Å². The molecule has 2 aromatic carbocycles. The first-order valence-corrected chi connectivity index (χ1v) is 7.77. The molecular formula is C19H23NO3. The quantitative estimate of drug-likeness (QED) is 0.814. The Labute approximate surface area is 137 Å². The maximum absolute atomic E-state index is 12.0. The van der Waals surface area contributed by atoms with E-state index in [0.717, 1.165) is 28.9 Å². The van der Waals surface area contributed by atoms with E-state index in [2.05, 4.69) is 12.2 Å². The highest BCUT2D eigenvalue weighted by atomic mass is 16.5. The number of ether oxygens (including phenoxy) is 2. The molecule has 2 aromatic rings. The fourth-order valence-electron chi connectivity index (χ4n) is 2.35. The number of amides is 1. The second-order valence-electron chi connectivity index (χ2n) is 5.23. The van der Waals surface area contributed by atoms with Crippen molar-refractivity contribution in [1.29, 1.82) is 0 Å². The van der Waals surface area contributed by atoms with Gasteiger partial charge in [-0.05, 0) is 29.2 Å². The summed E-state index contributed by atoms with van der Waals surface area (Å²) in [6.07, 6.45) is 0.877. The number of nitrogens with one attached hydrogen (secondary N) is 1. The topological polar surface area (TPSA) is 47.6 Å². The summed E-state index contributed by atoms with van der Waals surface area (Å²) in [6, 6.07) is 15.7. The van der Waals surface area contributed by atoms with Gasteiger partial charge in [-0.2, -0.15) is 0 Å². The van der Waals surface area contributed by atoms with Crippen LogP contribution in [0.5, 0.6) is 5.75 Å². The number of carbonyl (C=O) groups excluding carboxylic acids is 1. The molecule has 4 heteroatoms. The van der Waals surface area contributed by atoms with Crippen LogP contribution in [0.1, 0.15) is 23.6 Å². The summed E-state index contributed by atoms with van der Waals surface area (Å²) in [5, 5.41) is 2.89. The van der Waals surface area contributed by atoms with Crippen molar-refractivity contribution in [3.05, 3.63) is 65.2 Å². The number of hydrogen-bond donors (Lipinski definition) is 1. The molecule has 2 rings (SSSR count). The number of carbonyl (C=O) groups is 1. The van der Waals surface area contributed by atoms with Gasteiger partial charge < -0.3 is 14.8 Å². The van der Waals surface area contributed by atoms with Gasteiger partial charge >= 0.3 is 0 Å². The number of aryl methyl sites for hydroxylation is 1. The normalized spacial score (nSPS) is 10.3. The van der Waals surface area contributed by atoms with E-state index in [1.54, 1.807) is 7.11 Å². The summed E-state index contributed by atoms with van der Waals surface area (Å²) in [4.78, 5) is 12.0. The summed E-state index contributed by atoms with van der Waals surface area (Å²) in [5.41, 5.74) is 3.23. The number of benzene rings is 2. The Balaban J connectivity index is 1.86. The number of hydrogen-bond acceptors (Lipinski definition) is 3. The van der Waals surface area contributed by atoms with Crippen molar-refractivity contribution in [3.8, 4) is 5.75 Å². The Bertz CT molecular complexity index is 640. The number of rotatable bonds is 8. The second kappa shape index (κ2) is 8.96. The first-order chi connectivity index (χ1) is 11.2. The van der Waals surface area contributed by atoms with Gasteiger partial charge in [0.15, 0.2) is 6.61 Å². The molecular weight excluding hydrogens is 290 g/mol. The highest BCUT2D eigenvalue weighted by Crippen LogP contribution is 2.18. The van der Waals surface area contributed by atoms with Crippen molar-refractivity contribution in [2.45, 2.75) is 26.5 Å². The molecule has 0 atom stereocenters. The van der Waals surface area contributed by atoms with Crippen LogP contribution in [0.15, 0.2) is 48.5 Å². The molecule has 0 fully saturated rings. The molecule has 1 N–H and O–H groups in total. The number of para-hydroxylation sites is 1. The highest BCUT2D eigenvalue weighted by Gasteiger charge is 2.07. The SMILES string of the molecule is CCc1ccccc1OCC(=O)NCc1ccccc1COC. The Morgan fingerprint density at radius 1 is 1.00 bits per heavy atom. The highest BCUT2D eigenvalue weighted by molar-refractivity contribution is 5.77. The van der Waals surface area contributed by atoms with Gasteiger partial charge in [0.25, 0.3) is 5.91 Å². The zero-order valence-electron chi connectivity index (χ0n) is 13.7. The molecule has 0 unspecified atom stereocenters. The molecule has 0 aliphatic heterocycles. The van der Waals surface area contributed by atoms with Crippen LogP contribution in [-0.2, 0) is 29.1 Å². The van der Waals surface area contributed by atoms with Crippen LogP contribution in [0.4, 0.5) is 0 Å². The molecule has 0 spiro atoms. The van der Waals surface area contributed by atoms with E-state index in [0.29, 0.717) is 13.2 Å². The van der Waals surface area contributed by atoms with Crippen LogP contribution in [-0.4, -0.2) is 19.6 Å². The predicted molar refractivity (Wildman–Crippen MR) is 90.3 cm³/mol. The van der Waals surface area contributed by atoms with E-state index < -0.39 is 0 Å². The van der Waals surface area contributed by atoms with Gasteiger partial charge in [0, 0.05) is 13.7 Å². The van der Waals surface area contributed by atoms with Crippen LogP contribution >= 0.6 is 0 Å². The van der Waals surface area contributed by atoms with Gasteiger partial charge in [0.05, 0.1) is 6.61 Å². The third-order valence-electron chi connectivity index (χ3n) is 3.61. The second-order valence-corrected chi connectivity index (χ2v) is 5.23. The van der Waals surface area contributed by atoms with E-state index in [1.165, 1.54) is 0 Å². The largest absolute Gasteiger partial charge is 0.483 e. The van der Waals surface area contributed by atoms with Crippen molar-refractivity contribution in [3.63, 3.8) is 0 Å².